The zero-order valence-electron chi connectivity index (χ0n) is 9.20. The highest BCUT2D eigenvalue weighted by atomic mass is 16.5. The van der Waals surface area contributed by atoms with Crippen molar-refractivity contribution in [3.8, 4) is 5.75 Å². The van der Waals surface area contributed by atoms with E-state index < -0.39 is 0 Å². The van der Waals surface area contributed by atoms with Crippen molar-refractivity contribution in [2.75, 3.05) is 7.11 Å². The first-order chi connectivity index (χ1) is 7.13. The van der Waals surface area contributed by atoms with Crippen LogP contribution in [0, 0.1) is 0 Å². The third-order valence-electron chi connectivity index (χ3n) is 1.81. The predicted octanol–water partition coefficient (Wildman–Crippen LogP) is 1.34. The Morgan fingerprint density at radius 1 is 1.40 bits per heavy atom. The fourth-order valence-electron chi connectivity index (χ4n) is 1.05. The van der Waals surface area contributed by atoms with Crippen LogP contribution in [-0.4, -0.2) is 19.1 Å². The molecule has 0 aliphatic heterocycles. The highest BCUT2D eigenvalue weighted by Crippen LogP contribution is 2.11. The van der Waals surface area contributed by atoms with E-state index in [0.29, 0.717) is 11.3 Å². The second-order valence-corrected chi connectivity index (χ2v) is 3.49. The van der Waals surface area contributed by atoms with Crippen molar-refractivity contribution in [1.82, 2.24) is 10.9 Å². The van der Waals surface area contributed by atoms with Gasteiger partial charge in [-0.2, -0.15) is 0 Å². The summed E-state index contributed by atoms with van der Waals surface area (Å²) in [5, 5.41) is 0. The van der Waals surface area contributed by atoms with E-state index in [9.17, 15) is 4.79 Å². The molecule has 0 aliphatic carbocycles. The standard InChI is InChI=1S/C11H16N2O2/c1-8(2)12-13-11(14)9-5-4-6-10(7-9)15-3/h4-8,12H,1-3H3,(H,13,14). The Labute approximate surface area is 89.6 Å². The Morgan fingerprint density at radius 2 is 2.13 bits per heavy atom. The van der Waals surface area contributed by atoms with Crippen molar-refractivity contribution in [2.24, 2.45) is 0 Å². The minimum absolute atomic E-state index is 0.164. The summed E-state index contributed by atoms with van der Waals surface area (Å²) in [4.78, 5) is 11.6. The first-order valence-corrected chi connectivity index (χ1v) is 4.83. The third kappa shape index (κ3) is 3.59. The normalized spacial score (nSPS) is 10.1. The number of hydrazine groups is 1. The summed E-state index contributed by atoms with van der Waals surface area (Å²) in [5.41, 5.74) is 6.02. The Balaban J connectivity index is 2.65. The molecule has 0 aliphatic rings. The van der Waals surface area contributed by atoms with E-state index in [-0.39, 0.29) is 11.9 Å². The number of carbonyl (C=O) groups excluding carboxylic acids is 1. The lowest BCUT2D eigenvalue weighted by atomic mass is 10.2. The van der Waals surface area contributed by atoms with Gasteiger partial charge >= 0.3 is 0 Å². The lowest BCUT2D eigenvalue weighted by Crippen LogP contribution is -2.41. The van der Waals surface area contributed by atoms with Gasteiger partial charge in [0.15, 0.2) is 0 Å². The smallest absolute Gasteiger partial charge is 0.265 e. The molecule has 0 aromatic heterocycles. The molecule has 0 atom stereocenters. The van der Waals surface area contributed by atoms with Crippen LogP contribution in [0.3, 0.4) is 0 Å². The molecule has 4 nitrogen and oxygen atoms in total. The Hall–Kier alpha value is -1.55. The van der Waals surface area contributed by atoms with Crippen LogP contribution in [0.2, 0.25) is 0 Å². The molecule has 1 amide bonds. The van der Waals surface area contributed by atoms with E-state index in [2.05, 4.69) is 10.9 Å². The zero-order chi connectivity index (χ0) is 11.3. The van der Waals surface area contributed by atoms with Crippen molar-refractivity contribution in [1.29, 1.82) is 0 Å². The van der Waals surface area contributed by atoms with E-state index in [0.717, 1.165) is 0 Å². The Kier molecular flexibility index (Phi) is 4.12. The molecule has 4 heteroatoms. The average Bonchev–Trinajstić information content (AvgIpc) is 2.26. The van der Waals surface area contributed by atoms with Crippen molar-refractivity contribution >= 4 is 5.91 Å². The Morgan fingerprint density at radius 3 is 2.73 bits per heavy atom. The lowest BCUT2D eigenvalue weighted by molar-refractivity contribution is 0.0927. The summed E-state index contributed by atoms with van der Waals surface area (Å²) in [7, 11) is 1.57. The molecule has 0 bridgehead atoms. The maximum Gasteiger partial charge on any atom is 0.265 e. The molecule has 0 unspecified atom stereocenters. The average molecular weight is 208 g/mol. The van der Waals surface area contributed by atoms with Crippen LogP contribution < -0.4 is 15.6 Å². The molecule has 0 saturated heterocycles. The maximum atomic E-state index is 11.6. The number of benzene rings is 1. The number of rotatable bonds is 4. The first-order valence-electron chi connectivity index (χ1n) is 4.83. The van der Waals surface area contributed by atoms with Gasteiger partial charge in [0, 0.05) is 11.6 Å². The molecule has 0 heterocycles. The molecular weight excluding hydrogens is 192 g/mol. The van der Waals surface area contributed by atoms with Gasteiger partial charge in [-0.15, -0.1) is 0 Å². The van der Waals surface area contributed by atoms with Crippen LogP contribution in [0.4, 0.5) is 0 Å². The number of methoxy groups -OCH3 is 1. The van der Waals surface area contributed by atoms with Gasteiger partial charge in [0.05, 0.1) is 7.11 Å². The SMILES string of the molecule is COc1cccc(C(=O)NNC(C)C)c1. The van der Waals surface area contributed by atoms with Gasteiger partial charge in [-0.1, -0.05) is 6.07 Å². The maximum absolute atomic E-state index is 11.6. The number of amides is 1. The molecule has 1 aromatic rings. The molecule has 15 heavy (non-hydrogen) atoms. The van der Waals surface area contributed by atoms with Crippen LogP contribution in [0.5, 0.6) is 5.75 Å². The third-order valence-corrected chi connectivity index (χ3v) is 1.81. The molecule has 0 radical (unpaired) electrons. The summed E-state index contributed by atoms with van der Waals surface area (Å²) in [6.07, 6.45) is 0. The Bertz CT molecular complexity index is 337. The number of hydrogen-bond acceptors (Lipinski definition) is 3. The summed E-state index contributed by atoms with van der Waals surface area (Å²) in [6, 6.07) is 7.21. The number of nitrogens with one attached hydrogen (secondary N) is 2. The van der Waals surface area contributed by atoms with Crippen molar-refractivity contribution in [3.63, 3.8) is 0 Å². The van der Waals surface area contributed by atoms with Crippen LogP contribution in [0.15, 0.2) is 24.3 Å². The van der Waals surface area contributed by atoms with E-state index in [4.69, 9.17) is 4.74 Å². The van der Waals surface area contributed by atoms with Crippen molar-refractivity contribution in [3.05, 3.63) is 29.8 Å². The van der Waals surface area contributed by atoms with E-state index in [1.54, 1.807) is 31.4 Å². The van der Waals surface area contributed by atoms with Gasteiger partial charge in [0.2, 0.25) is 0 Å². The monoisotopic (exact) mass is 208 g/mol. The van der Waals surface area contributed by atoms with Gasteiger partial charge in [-0.3, -0.25) is 10.2 Å². The summed E-state index contributed by atoms with van der Waals surface area (Å²) >= 11 is 0. The predicted molar refractivity (Wildman–Crippen MR) is 58.7 cm³/mol. The second-order valence-electron chi connectivity index (χ2n) is 3.49. The summed E-state index contributed by atoms with van der Waals surface area (Å²) < 4.78 is 5.03. The van der Waals surface area contributed by atoms with Crippen LogP contribution in [-0.2, 0) is 0 Å². The topological polar surface area (TPSA) is 50.4 Å². The molecule has 0 saturated carbocycles. The van der Waals surface area contributed by atoms with Gasteiger partial charge in [-0.05, 0) is 32.0 Å². The molecule has 0 spiro atoms. The molecule has 1 aromatic carbocycles. The van der Waals surface area contributed by atoms with Gasteiger partial charge in [0.25, 0.3) is 5.91 Å². The minimum Gasteiger partial charge on any atom is -0.497 e. The van der Waals surface area contributed by atoms with E-state index in [1.807, 2.05) is 13.8 Å². The highest BCUT2D eigenvalue weighted by molar-refractivity contribution is 5.94. The van der Waals surface area contributed by atoms with E-state index in [1.165, 1.54) is 0 Å². The first kappa shape index (κ1) is 11.5. The van der Waals surface area contributed by atoms with Gasteiger partial charge in [-0.25, -0.2) is 5.43 Å². The fourth-order valence-corrected chi connectivity index (χ4v) is 1.05. The van der Waals surface area contributed by atoms with Gasteiger partial charge in [0.1, 0.15) is 5.75 Å². The number of hydrogen-bond donors (Lipinski definition) is 2. The fraction of sp³-hybridized carbons (Fsp3) is 0.364. The zero-order valence-corrected chi connectivity index (χ0v) is 9.20. The molecule has 1 rings (SSSR count). The van der Waals surface area contributed by atoms with Crippen LogP contribution in [0.1, 0.15) is 24.2 Å². The van der Waals surface area contributed by atoms with Crippen LogP contribution in [0.25, 0.3) is 0 Å². The summed E-state index contributed by atoms with van der Waals surface area (Å²) in [5.74, 6) is 0.509. The second kappa shape index (κ2) is 5.36. The molecule has 82 valence electrons. The van der Waals surface area contributed by atoms with Crippen molar-refractivity contribution in [2.45, 2.75) is 19.9 Å². The van der Waals surface area contributed by atoms with Crippen LogP contribution >= 0.6 is 0 Å². The largest absolute Gasteiger partial charge is 0.497 e. The minimum atomic E-state index is -0.164. The number of carbonyl (C=O) groups is 1. The molecule has 2 N–H and O–H groups in total. The van der Waals surface area contributed by atoms with Gasteiger partial charge < -0.3 is 4.74 Å². The molecular formula is C11H16N2O2. The summed E-state index contributed by atoms with van der Waals surface area (Å²) in [6.45, 7) is 3.90. The number of ether oxygens (including phenoxy) is 1. The van der Waals surface area contributed by atoms with E-state index >= 15 is 0 Å². The quantitative estimate of drug-likeness (QED) is 0.734. The molecule has 0 fully saturated rings. The highest BCUT2D eigenvalue weighted by Gasteiger charge is 2.05. The van der Waals surface area contributed by atoms with Crippen molar-refractivity contribution < 1.29 is 9.53 Å². The lowest BCUT2D eigenvalue weighted by Gasteiger charge is -2.10.